The normalized spacial score (nSPS) is 14.7. The number of carbonyl (C=O) groups excluding carboxylic acids is 1. The van der Waals surface area contributed by atoms with Crippen LogP contribution in [0.4, 0.5) is 0 Å². The molecule has 1 amide bonds. The molecule has 0 radical (unpaired) electrons. The van der Waals surface area contributed by atoms with Crippen LogP contribution in [0.25, 0.3) is 0 Å². The zero-order valence-corrected chi connectivity index (χ0v) is 13.9. The Morgan fingerprint density at radius 2 is 1.90 bits per heavy atom. The van der Waals surface area contributed by atoms with Gasteiger partial charge in [-0.25, -0.2) is 0 Å². The molecule has 0 aromatic heterocycles. The predicted octanol–water partition coefficient (Wildman–Crippen LogP) is 2.80. The second-order valence-corrected chi connectivity index (χ2v) is 6.67. The van der Waals surface area contributed by atoms with Gasteiger partial charge in [0.15, 0.2) is 0 Å². The van der Waals surface area contributed by atoms with Gasteiger partial charge in [-0.2, -0.15) is 0 Å². The minimum atomic E-state index is -0.748. The predicted molar refractivity (Wildman–Crippen MR) is 82.4 cm³/mol. The highest BCUT2D eigenvalue weighted by Crippen LogP contribution is 2.19. The molecule has 2 N–H and O–H groups in total. The Kier molecular flexibility index (Phi) is 6.17. The number of aliphatic hydroxyl groups is 1. The van der Waals surface area contributed by atoms with E-state index in [-0.39, 0.29) is 24.2 Å². The molecule has 0 fully saturated rings. The highest BCUT2D eigenvalue weighted by atomic mass is 79.9. The van der Waals surface area contributed by atoms with E-state index in [2.05, 4.69) is 21.2 Å². The second kappa shape index (κ2) is 7.20. The molecule has 2 atom stereocenters. The van der Waals surface area contributed by atoms with Gasteiger partial charge in [0.25, 0.3) is 0 Å². The molecule has 0 bridgehead atoms. The van der Waals surface area contributed by atoms with Crippen LogP contribution in [0, 0.1) is 0 Å². The van der Waals surface area contributed by atoms with Crippen LogP contribution in [0.1, 0.15) is 39.4 Å². The number of amides is 1. The van der Waals surface area contributed by atoms with E-state index in [0.717, 1.165) is 10.0 Å². The standard InChI is InChI=1S/C15H22BrNO3/c1-10(17-13(18)9-20-15(2,3)4)14(19)11-5-7-12(16)8-6-11/h5-8,10,14,19H,9H2,1-4H3,(H,17,18)/t10-,14-/m1/s1. The molecule has 0 spiro atoms. The summed E-state index contributed by atoms with van der Waals surface area (Å²) in [5, 5.41) is 12.9. The van der Waals surface area contributed by atoms with Crippen LogP contribution in [-0.2, 0) is 9.53 Å². The van der Waals surface area contributed by atoms with Gasteiger partial charge in [0.2, 0.25) is 5.91 Å². The van der Waals surface area contributed by atoms with Gasteiger partial charge in [0, 0.05) is 4.47 Å². The molecule has 0 aliphatic heterocycles. The molecule has 0 saturated carbocycles. The van der Waals surface area contributed by atoms with E-state index in [1.807, 2.05) is 45.0 Å². The topological polar surface area (TPSA) is 58.6 Å². The molecule has 5 heteroatoms. The van der Waals surface area contributed by atoms with E-state index in [9.17, 15) is 9.90 Å². The maximum Gasteiger partial charge on any atom is 0.246 e. The molecule has 112 valence electrons. The molecular formula is C15H22BrNO3. The first-order chi connectivity index (χ1) is 9.19. The highest BCUT2D eigenvalue weighted by molar-refractivity contribution is 9.10. The lowest BCUT2D eigenvalue weighted by Crippen LogP contribution is -2.40. The number of ether oxygens (including phenoxy) is 1. The number of carbonyl (C=O) groups is 1. The SMILES string of the molecule is C[C@@H](NC(=O)COC(C)(C)C)[C@@H](O)c1ccc(Br)cc1. The van der Waals surface area contributed by atoms with Crippen LogP contribution in [0.15, 0.2) is 28.7 Å². The van der Waals surface area contributed by atoms with E-state index >= 15 is 0 Å². The van der Waals surface area contributed by atoms with Crippen molar-refractivity contribution in [3.8, 4) is 0 Å². The van der Waals surface area contributed by atoms with Gasteiger partial charge in [0.1, 0.15) is 6.61 Å². The Balaban J connectivity index is 2.51. The van der Waals surface area contributed by atoms with Crippen molar-refractivity contribution in [2.75, 3.05) is 6.61 Å². The van der Waals surface area contributed by atoms with Crippen LogP contribution in [0.5, 0.6) is 0 Å². The van der Waals surface area contributed by atoms with Crippen molar-refractivity contribution in [2.45, 2.75) is 45.4 Å². The molecule has 0 aliphatic rings. The second-order valence-electron chi connectivity index (χ2n) is 5.75. The van der Waals surface area contributed by atoms with Gasteiger partial charge < -0.3 is 15.2 Å². The molecule has 4 nitrogen and oxygen atoms in total. The average Bonchev–Trinajstić information content (AvgIpc) is 2.35. The number of aliphatic hydroxyl groups excluding tert-OH is 1. The summed E-state index contributed by atoms with van der Waals surface area (Å²) in [6.45, 7) is 7.42. The molecule has 20 heavy (non-hydrogen) atoms. The number of hydrogen-bond acceptors (Lipinski definition) is 3. The Hall–Kier alpha value is -0.910. The molecule has 0 unspecified atom stereocenters. The van der Waals surface area contributed by atoms with E-state index in [0.29, 0.717) is 0 Å². The summed E-state index contributed by atoms with van der Waals surface area (Å²) in [6.07, 6.45) is -0.748. The van der Waals surface area contributed by atoms with Crippen LogP contribution >= 0.6 is 15.9 Å². The lowest BCUT2D eigenvalue weighted by Gasteiger charge is -2.23. The van der Waals surface area contributed by atoms with Gasteiger partial charge in [-0.05, 0) is 45.4 Å². The minimum absolute atomic E-state index is 0.0130. The average molecular weight is 344 g/mol. The van der Waals surface area contributed by atoms with E-state index in [1.54, 1.807) is 6.92 Å². The van der Waals surface area contributed by atoms with Crippen molar-refractivity contribution in [2.24, 2.45) is 0 Å². The van der Waals surface area contributed by atoms with Crippen molar-refractivity contribution in [3.63, 3.8) is 0 Å². The van der Waals surface area contributed by atoms with Gasteiger partial charge in [0.05, 0.1) is 17.7 Å². The summed E-state index contributed by atoms with van der Waals surface area (Å²) >= 11 is 3.34. The maximum absolute atomic E-state index is 11.7. The molecular weight excluding hydrogens is 322 g/mol. The third-order valence-electron chi connectivity index (χ3n) is 2.71. The Bertz CT molecular complexity index is 439. The third kappa shape index (κ3) is 6.03. The quantitative estimate of drug-likeness (QED) is 0.864. The fraction of sp³-hybridized carbons (Fsp3) is 0.533. The van der Waals surface area contributed by atoms with Crippen molar-refractivity contribution >= 4 is 21.8 Å². The number of benzene rings is 1. The van der Waals surface area contributed by atoms with E-state index < -0.39 is 6.10 Å². The summed E-state index contributed by atoms with van der Waals surface area (Å²) in [6, 6.07) is 6.98. The van der Waals surface area contributed by atoms with Gasteiger partial charge >= 0.3 is 0 Å². The lowest BCUT2D eigenvalue weighted by atomic mass is 10.0. The summed E-state index contributed by atoms with van der Waals surface area (Å²) < 4.78 is 6.34. The number of rotatable bonds is 5. The van der Waals surface area contributed by atoms with E-state index in [1.165, 1.54) is 0 Å². The first-order valence-corrected chi connectivity index (χ1v) is 7.35. The van der Waals surface area contributed by atoms with Crippen LogP contribution in [0.2, 0.25) is 0 Å². The maximum atomic E-state index is 11.7. The van der Waals surface area contributed by atoms with Crippen LogP contribution in [-0.4, -0.2) is 29.3 Å². The van der Waals surface area contributed by atoms with Gasteiger partial charge in [-0.3, -0.25) is 4.79 Å². The molecule has 1 rings (SSSR count). The Labute approximate surface area is 128 Å². The summed E-state index contributed by atoms with van der Waals surface area (Å²) in [7, 11) is 0. The highest BCUT2D eigenvalue weighted by Gasteiger charge is 2.19. The molecule has 1 aromatic rings. The monoisotopic (exact) mass is 343 g/mol. The minimum Gasteiger partial charge on any atom is -0.386 e. The fourth-order valence-corrected chi connectivity index (χ4v) is 1.87. The molecule has 0 saturated heterocycles. The molecule has 1 aromatic carbocycles. The molecule has 0 heterocycles. The Morgan fingerprint density at radius 1 is 1.35 bits per heavy atom. The van der Waals surface area contributed by atoms with Crippen molar-refractivity contribution in [1.29, 1.82) is 0 Å². The van der Waals surface area contributed by atoms with E-state index in [4.69, 9.17) is 4.74 Å². The Morgan fingerprint density at radius 3 is 2.40 bits per heavy atom. The largest absolute Gasteiger partial charge is 0.386 e. The van der Waals surface area contributed by atoms with Crippen molar-refractivity contribution in [1.82, 2.24) is 5.32 Å². The molecule has 0 aliphatic carbocycles. The van der Waals surface area contributed by atoms with Crippen LogP contribution < -0.4 is 5.32 Å². The zero-order chi connectivity index (χ0) is 15.3. The van der Waals surface area contributed by atoms with Crippen molar-refractivity contribution < 1.29 is 14.6 Å². The number of nitrogens with one attached hydrogen (secondary N) is 1. The number of halogens is 1. The van der Waals surface area contributed by atoms with Crippen molar-refractivity contribution in [3.05, 3.63) is 34.3 Å². The summed E-state index contributed by atoms with van der Waals surface area (Å²) in [5.74, 6) is -0.233. The first kappa shape index (κ1) is 17.1. The summed E-state index contributed by atoms with van der Waals surface area (Å²) in [4.78, 5) is 11.7. The first-order valence-electron chi connectivity index (χ1n) is 6.56. The smallest absolute Gasteiger partial charge is 0.246 e. The van der Waals surface area contributed by atoms with Crippen LogP contribution in [0.3, 0.4) is 0 Å². The summed E-state index contributed by atoms with van der Waals surface area (Å²) in [5.41, 5.74) is 0.406. The van der Waals surface area contributed by atoms with Gasteiger partial charge in [-0.1, -0.05) is 28.1 Å². The van der Waals surface area contributed by atoms with Gasteiger partial charge in [-0.15, -0.1) is 0 Å². The fourth-order valence-electron chi connectivity index (χ4n) is 1.61. The lowest BCUT2D eigenvalue weighted by molar-refractivity contribution is -0.131. The number of hydrogen-bond donors (Lipinski definition) is 2. The third-order valence-corrected chi connectivity index (χ3v) is 3.24. The zero-order valence-electron chi connectivity index (χ0n) is 12.3.